The van der Waals surface area contributed by atoms with E-state index >= 15 is 0 Å². The minimum atomic E-state index is -0.245. The number of benzene rings is 1. The number of carbonyl (C=O) groups excluding carboxylic acids is 1. The van der Waals surface area contributed by atoms with Gasteiger partial charge < -0.3 is 10.1 Å². The maximum atomic E-state index is 12.8. The van der Waals surface area contributed by atoms with Crippen molar-refractivity contribution < 1.29 is 9.53 Å². The van der Waals surface area contributed by atoms with Gasteiger partial charge in [-0.05, 0) is 43.5 Å². The SMILES string of the molecule is CCOc1ccc(-n2ccn3c(CCCC(=O)NCC(C)C)nnc3c2=O)cc1. The molecular formula is C21H27N5O3. The van der Waals surface area contributed by atoms with Crippen LogP contribution in [0.2, 0.25) is 0 Å². The molecule has 1 aromatic carbocycles. The summed E-state index contributed by atoms with van der Waals surface area (Å²) in [5, 5.41) is 11.1. The Morgan fingerprint density at radius 3 is 2.62 bits per heavy atom. The molecule has 0 aliphatic carbocycles. The van der Waals surface area contributed by atoms with Crippen LogP contribution in [0, 0.1) is 5.92 Å². The van der Waals surface area contributed by atoms with E-state index in [9.17, 15) is 9.59 Å². The van der Waals surface area contributed by atoms with Gasteiger partial charge >= 0.3 is 5.56 Å². The molecule has 1 N–H and O–H groups in total. The molecule has 154 valence electrons. The predicted molar refractivity (Wildman–Crippen MR) is 111 cm³/mol. The molecule has 0 bridgehead atoms. The van der Waals surface area contributed by atoms with Gasteiger partial charge in [-0.2, -0.15) is 0 Å². The van der Waals surface area contributed by atoms with E-state index in [1.54, 1.807) is 16.8 Å². The van der Waals surface area contributed by atoms with Gasteiger partial charge in [0.15, 0.2) is 0 Å². The van der Waals surface area contributed by atoms with E-state index in [0.717, 1.165) is 11.4 Å². The Hall–Kier alpha value is -3.16. The number of hydrogen-bond acceptors (Lipinski definition) is 5. The van der Waals surface area contributed by atoms with Gasteiger partial charge in [-0.15, -0.1) is 10.2 Å². The summed E-state index contributed by atoms with van der Waals surface area (Å²) in [4.78, 5) is 24.7. The number of carbonyl (C=O) groups is 1. The molecule has 0 radical (unpaired) electrons. The molecule has 0 saturated carbocycles. The Kier molecular flexibility index (Phi) is 6.64. The fourth-order valence-electron chi connectivity index (χ4n) is 2.99. The smallest absolute Gasteiger partial charge is 0.300 e. The number of hydrogen-bond donors (Lipinski definition) is 1. The first-order valence-corrected chi connectivity index (χ1v) is 9.94. The molecular weight excluding hydrogens is 370 g/mol. The number of fused-ring (bicyclic) bond motifs is 1. The Bertz CT molecular complexity index is 1020. The number of nitrogens with zero attached hydrogens (tertiary/aromatic N) is 4. The van der Waals surface area contributed by atoms with Crippen molar-refractivity contribution in [3.63, 3.8) is 0 Å². The fourth-order valence-corrected chi connectivity index (χ4v) is 2.99. The van der Waals surface area contributed by atoms with Crippen LogP contribution in [-0.4, -0.2) is 38.2 Å². The Morgan fingerprint density at radius 2 is 1.93 bits per heavy atom. The molecule has 8 nitrogen and oxygen atoms in total. The highest BCUT2D eigenvalue weighted by molar-refractivity contribution is 5.75. The van der Waals surface area contributed by atoms with Gasteiger partial charge in [0.05, 0.1) is 6.61 Å². The van der Waals surface area contributed by atoms with Crippen LogP contribution in [-0.2, 0) is 11.2 Å². The van der Waals surface area contributed by atoms with Crippen LogP contribution in [0.5, 0.6) is 5.75 Å². The molecule has 3 rings (SSSR count). The Labute approximate surface area is 169 Å². The summed E-state index contributed by atoms with van der Waals surface area (Å²) in [6, 6.07) is 7.32. The molecule has 29 heavy (non-hydrogen) atoms. The third-order valence-corrected chi connectivity index (χ3v) is 4.48. The van der Waals surface area contributed by atoms with Crippen molar-refractivity contribution in [3.8, 4) is 11.4 Å². The summed E-state index contributed by atoms with van der Waals surface area (Å²) in [7, 11) is 0. The normalized spacial score (nSPS) is 11.2. The molecule has 0 aliphatic heterocycles. The molecule has 0 spiro atoms. The molecule has 2 aromatic heterocycles. The average molecular weight is 397 g/mol. The van der Waals surface area contributed by atoms with E-state index in [0.29, 0.717) is 44.2 Å². The second kappa shape index (κ2) is 9.36. The summed E-state index contributed by atoms with van der Waals surface area (Å²) in [5.41, 5.74) is 0.748. The van der Waals surface area contributed by atoms with Gasteiger partial charge in [0.1, 0.15) is 11.6 Å². The highest BCUT2D eigenvalue weighted by Crippen LogP contribution is 2.14. The molecule has 0 saturated heterocycles. The van der Waals surface area contributed by atoms with Gasteiger partial charge in [0, 0.05) is 37.5 Å². The maximum absolute atomic E-state index is 12.8. The molecule has 0 aliphatic rings. The summed E-state index contributed by atoms with van der Waals surface area (Å²) in [6.07, 6.45) is 5.12. The van der Waals surface area contributed by atoms with E-state index in [1.807, 2.05) is 31.2 Å². The summed E-state index contributed by atoms with van der Waals surface area (Å²) < 4.78 is 8.66. The van der Waals surface area contributed by atoms with Crippen LogP contribution in [0.3, 0.4) is 0 Å². The Morgan fingerprint density at radius 1 is 1.17 bits per heavy atom. The molecule has 0 atom stereocenters. The van der Waals surface area contributed by atoms with Crippen molar-refractivity contribution >= 4 is 11.6 Å². The molecule has 8 heteroatoms. The van der Waals surface area contributed by atoms with E-state index in [-0.39, 0.29) is 17.1 Å². The first-order chi connectivity index (χ1) is 14.0. The summed E-state index contributed by atoms with van der Waals surface area (Å²) >= 11 is 0. The fraction of sp³-hybridized carbons (Fsp3) is 0.429. The second-order valence-corrected chi connectivity index (χ2v) is 7.26. The highest BCUT2D eigenvalue weighted by atomic mass is 16.5. The topological polar surface area (TPSA) is 90.5 Å². The van der Waals surface area contributed by atoms with Crippen LogP contribution in [0.25, 0.3) is 11.3 Å². The third kappa shape index (κ3) is 5.01. The molecule has 2 heterocycles. The van der Waals surface area contributed by atoms with Crippen molar-refractivity contribution in [3.05, 3.63) is 52.8 Å². The standard InChI is InChI=1S/C21H27N5O3/c1-4-29-17-10-8-16(9-11-17)25-12-13-26-18(23-24-20(26)21(25)28)6-5-7-19(27)22-14-15(2)3/h8-13,15H,4-7,14H2,1-3H3,(H,22,27). The van der Waals surface area contributed by atoms with Gasteiger partial charge in [-0.25, -0.2) is 0 Å². The molecule has 0 fully saturated rings. The van der Waals surface area contributed by atoms with Crippen molar-refractivity contribution in [2.24, 2.45) is 5.92 Å². The number of amides is 1. The lowest BCUT2D eigenvalue weighted by molar-refractivity contribution is -0.121. The van der Waals surface area contributed by atoms with Crippen molar-refractivity contribution in [1.82, 2.24) is 24.5 Å². The Balaban J connectivity index is 1.71. The predicted octanol–water partition coefficient (Wildman–Crippen LogP) is 2.37. The lowest BCUT2D eigenvalue weighted by Gasteiger charge is -2.08. The maximum Gasteiger partial charge on any atom is 0.300 e. The van der Waals surface area contributed by atoms with Gasteiger partial charge in [-0.3, -0.25) is 18.6 Å². The minimum Gasteiger partial charge on any atom is -0.494 e. The number of aromatic nitrogens is 4. The average Bonchev–Trinajstić information content (AvgIpc) is 3.12. The van der Waals surface area contributed by atoms with Crippen LogP contribution >= 0.6 is 0 Å². The first kappa shape index (κ1) is 20.6. The zero-order valence-electron chi connectivity index (χ0n) is 17.1. The van der Waals surface area contributed by atoms with E-state index < -0.39 is 0 Å². The van der Waals surface area contributed by atoms with E-state index in [1.165, 1.54) is 4.57 Å². The quantitative estimate of drug-likeness (QED) is 0.599. The first-order valence-electron chi connectivity index (χ1n) is 9.94. The number of rotatable bonds is 9. The van der Waals surface area contributed by atoms with Crippen LogP contribution in [0.1, 0.15) is 39.4 Å². The van der Waals surface area contributed by atoms with Crippen molar-refractivity contribution in [1.29, 1.82) is 0 Å². The lowest BCUT2D eigenvalue weighted by atomic mass is 10.2. The van der Waals surface area contributed by atoms with Crippen LogP contribution in [0.4, 0.5) is 0 Å². The number of ether oxygens (including phenoxy) is 1. The van der Waals surface area contributed by atoms with E-state index in [2.05, 4.69) is 29.4 Å². The van der Waals surface area contributed by atoms with Gasteiger partial charge in [0.2, 0.25) is 11.6 Å². The van der Waals surface area contributed by atoms with Crippen LogP contribution in [0.15, 0.2) is 41.5 Å². The minimum absolute atomic E-state index is 0.0328. The zero-order valence-corrected chi connectivity index (χ0v) is 17.1. The van der Waals surface area contributed by atoms with Crippen LogP contribution < -0.4 is 15.6 Å². The molecule has 3 aromatic rings. The van der Waals surface area contributed by atoms with E-state index in [4.69, 9.17) is 4.74 Å². The lowest BCUT2D eigenvalue weighted by Crippen LogP contribution is -2.27. The van der Waals surface area contributed by atoms with Crippen molar-refractivity contribution in [2.75, 3.05) is 13.2 Å². The highest BCUT2D eigenvalue weighted by Gasteiger charge is 2.12. The summed E-state index contributed by atoms with van der Waals surface area (Å²) in [5.74, 6) is 1.89. The summed E-state index contributed by atoms with van der Waals surface area (Å²) in [6.45, 7) is 7.31. The van der Waals surface area contributed by atoms with Gasteiger partial charge in [0.25, 0.3) is 0 Å². The van der Waals surface area contributed by atoms with Gasteiger partial charge in [-0.1, -0.05) is 13.8 Å². The third-order valence-electron chi connectivity index (χ3n) is 4.48. The number of aryl methyl sites for hydroxylation is 1. The molecule has 1 amide bonds. The zero-order chi connectivity index (χ0) is 20.8. The second-order valence-electron chi connectivity index (χ2n) is 7.26. The molecule has 0 unspecified atom stereocenters. The largest absolute Gasteiger partial charge is 0.494 e. The van der Waals surface area contributed by atoms with Crippen molar-refractivity contribution in [2.45, 2.75) is 40.0 Å². The monoisotopic (exact) mass is 397 g/mol. The number of nitrogens with one attached hydrogen (secondary N) is 1.